The lowest BCUT2D eigenvalue weighted by Gasteiger charge is -2.19. The first-order chi connectivity index (χ1) is 13.4. The number of hydrogen-bond donors (Lipinski definition) is 3. The number of carbonyl (C=O) groups excluding carboxylic acids is 1. The summed E-state index contributed by atoms with van der Waals surface area (Å²) in [6.45, 7) is -0.214. The van der Waals surface area contributed by atoms with Gasteiger partial charge in [0.05, 0.1) is 25.7 Å². The van der Waals surface area contributed by atoms with Crippen molar-refractivity contribution in [2.24, 2.45) is 0 Å². The van der Waals surface area contributed by atoms with Crippen LogP contribution < -0.4 is 19.5 Å². The highest BCUT2D eigenvalue weighted by Gasteiger charge is 2.26. The molecule has 28 heavy (non-hydrogen) atoms. The molecule has 0 aliphatic heterocycles. The van der Waals surface area contributed by atoms with Crippen molar-refractivity contribution in [1.82, 2.24) is 10.0 Å². The number of nitrogens with one attached hydrogen (secondary N) is 2. The van der Waals surface area contributed by atoms with Gasteiger partial charge in [-0.1, -0.05) is 30.3 Å². The first-order valence-corrected chi connectivity index (χ1v) is 10.1. The Morgan fingerprint density at radius 3 is 2.36 bits per heavy atom. The van der Waals surface area contributed by atoms with Gasteiger partial charge in [0, 0.05) is 12.6 Å². The van der Waals surface area contributed by atoms with E-state index >= 15 is 0 Å². The summed E-state index contributed by atoms with van der Waals surface area (Å²) in [7, 11) is -1.16. The lowest BCUT2D eigenvalue weighted by Crippen LogP contribution is -2.48. The molecule has 0 saturated carbocycles. The molecule has 2 aromatic carbocycles. The van der Waals surface area contributed by atoms with Gasteiger partial charge in [-0.05, 0) is 24.1 Å². The molecular formula is C19H24N2O6S. The Morgan fingerprint density at radius 1 is 1.07 bits per heavy atom. The molecule has 3 N–H and O–H groups in total. The fourth-order valence-corrected chi connectivity index (χ4v) is 3.79. The molecule has 0 fully saturated rings. The Hall–Kier alpha value is -2.62. The number of aliphatic hydroxyl groups is 1. The molecule has 152 valence electrons. The van der Waals surface area contributed by atoms with Crippen LogP contribution in [0.3, 0.4) is 0 Å². The van der Waals surface area contributed by atoms with Crippen LogP contribution >= 0.6 is 0 Å². The lowest BCUT2D eigenvalue weighted by atomic mass is 10.1. The van der Waals surface area contributed by atoms with Crippen LogP contribution in [0.5, 0.6) is 11.5 Å². The van der Waals surface area contributed by atoms with Gasteiger partial charge in [-0.3, -0.25) is 4.79 Å². The standard InChI is InChI=1S/C19H24N2O6S/c1-26-17-9-8-15(13-18(17)27-2)28(24,25)21-16(19(23)20-10-11-22)12-14-6-4-3-5-7-14/h3-9,13,16,21-22H,10-12H2,1-2H3,(H,20,23)/t16-/m1/s1. The van der Waals surface area contributed by atoms with Gasteiger partial charge in [0.15, 0.2) is 11.5 Å². The molecule has 8 nitrogen and oxygen atoms in total. The summed E-state index contributed by atoms with van der Waals surface area (Å²) in [6, 6.07) is 12.2. The molecule has 0 aromatic heterocycles. The summed E-state index contributed by atoms with van der Waals surface area (Å²) in [6.07, 6.45) is 0.157. The van der Waals surface area contributed by atoms with Crippen molar-refractivity contribution in [3.63, 3.8) is 0 Å². The second kappa shape index (κ2) is 10.1. The number of benzene rings is 2. The highest BCUT2D eigenvalue weighted by atomic mass is 32.2. The van der Waals surface area contributed by atoms with Crippen molar-refractivity contribution in [2.75, 3.05) is 27.4 Å². The maximum Gasteiger partial charge on any atom is 0.241 e. The van der Waals surface area contributed by atoms with Crippen LogP contribution in [0.2, 0.25) is 0 Å². The van der Waals surface area contributed by atoms with Crippen LogP contribution in [-0.4, -0.2) is 52.8 Å². The van der Waals surface area contributed by atoms with Gasteiger partial charge in [-0.25, -0.2) is 8.42 Å². The van der Waals surface area contributed by atoms with Crippen LogP contribution in [0, 0.1) is 0 Å². The molecule has 0 heterocycles. The van der Waals surface area contributed by atoms with Crippen LogP contribution in [0.15, 0.2) is 53.4 Å². The molecule has 9 heteroatoms. The highest BCUT2D eigenvalue weighted by molar-refractivity contribution is 7.89. The van der Waals surface area contributed by atoms with E-state index in [1.54, 1.807) is 24.3 Å². The molecule has 0 radical (unpaired) electrons. The minimum atomic E-state index is -4.02. The normalized spacial score (nSPS) is 12.2. The third-order valence-electron chi connectivity index (χ3n) is 3.97. The van der Waals surface area contributed by atoms with Gasteiger partial charge in [0.1, 0.15) is 6.04 Å². The van der Waals surface area contributed by atoms with Gasteiger partial charge < -0.3 is 19.9 Å². The zero-order valence-corrected chi connectivity index (χ0v) is 16.5. The average Bonchev–Trinajstić information content (AvgIpc) is 2.71. The van der Waals surface area contributed by atoms with E-state index in [2.05, 4.69) is 10.0 Å². The van der Waals surface area contributed by atoms with Gasteiger partial charge in [0.2, 0.25) is 15.9 Å². The van der Waals surface area contributed by atoms with E-state index in [1.807, 2.05) is 6.07 Å². The second-order valence-electron chi connectivity index (χ2n) is 5.90. The molecule has 0 aliphatic carbocycles. The Labute approximate surface area is 164 Å². The monoisotopic (exact) mass is 408 g/mol. The van der Waals surface area contributed by atoms with E-state index in [0.29, 0.717) is 5.75 Å². The SMILES string of the molecule is COc1ccc(S(=O)(=O)N[C@H](Cc2ccccc2)C(=O)NCCO)cc1OC. The molecule has 0 unspecified atom stereocenters. The number of rotatable bonds is 10. The van der Waals surface area contributed by atoms with Gasteiger partial charge in [-0.15, -0.1) is 0 Å². The molecular weight excluding hydrogens is 384 g/mol. The Balaban J connectivity index is 2.29. The minimum absolute atomic E-state index is 0.0300. The molecule has 0 bridgehead atoms. The van der Waals surface area contributed by atoms with Gasteiger partial charge >= 0.3 is 0 Å². The van der Waals surface area contributed by atoms with E-state index in [4.69, 9.17) is 14.6 Å². The third-order valence-corrected chi connectivity index (χ3v) is 5.44. The van der Waals surface area contributed by atoms with Crippen LogP contribution in [0.4, 0.5) is 0 Å². The summed E-state index contributed by atoms with van der Waals surface area (Å²) in [5, 5.41) is 11.4. The molecule has 0 saturated heterocycles. The second-order valence-corrected chi connectivity index (χ2v) is 7.61. The number of sulfonamides is 1. The fourth-order valence-electron chi connectivity index (χ4n) is 2.58. The zero-order chi connectivity index (χ0) is 20.6. The molecule has 2 aromatic rings. The van der Waals surface area contributed by atoms with E-state index in [-0.39, 0.29) is 30.2 Å². The summed E-state index contributed by atoms with van der Waals surface area (Å²) < 4.78 is 38.4. The number of aliphatic hydroxyl groups excluding tert-OH is 1. The smallest absolute Gasteiger partial charge is 0.241 e. The van der Waals surface area contributed by atoms with Crippen molar-refractivity contribution < 1.29 is 27.8 Å². The predicted molar refractivity (Wildman–Crippen MR) is 104 cm³/mol. The largest absolute Gasteiger partial charge is 0.493 e. The third kappa shape index (κ3) is 5.69. The van der Waals surface area contributed by atoms with E-state index in [0.717, 1.165) is 5.56 Å². The predicted octanol–water partition coefficient (Wildman–Crippen LogP) is 0.702. The Kier molecular flexibility index (Phi) is 7.80. The number of amides is 1. The Bertz CT molecular complexity index is 887. The van der Waals surface area contributed by atoms with E-state index in [9.17, 15) is 13.2 Å². The van der Waals surface area contributed by atoms with Gasteiger partial charge in [0.25, 0.3) is 0 Å². The topological polar surface area (TPSA) is 114 Å². The van der Waals surface area contributed by atoms with Crippen molar-refractivity contribution in [1.29, 1.82) is 0 Å². The molecule has 0 aliphatic rings. The van der Waals surface area contributed by atoms with Crippen molar-refractivity contribution in [3.8, 4) is 11.5 Å². The number of methoxy groups -OCH3 is 2. The molecule has 1 atom stereocenters. The average molecular weight is 408 g/mol. The number of hydrogen-bond acceptors (Lipinski definition) is 6. The van der Waals surface area contributed by atoms with Crippen LogP contribution in [-0.2, 0) is 21.2 Å². The maximum absolute atomic E-state index is 12.8. The summed E-state index contributed by atoms with van der Waals surface area (Å²) in [5.74, 6) is 0.125. The van der Waals surface area contributed by atoms with Crippen molar-refractivity contribution in [2.45, 2.75) is 17.4 Å². The highest BCUT2D eigenvalue weighted by Crippen LogP contribution is 2.29. The van der Waals surface area contributed by atoms with Crippen molar-refractivity contribution >= 4 is 15.9 Å². The quantitative estimate of drug-likeness (QED) is 0.533. The molecule has 0 spiro atoms. The van der Waals surface area contributed by atoms with E-state index in [1.165, 1.54) is 32.4 Å². The maximum atomic E-state index is 12.8. The lowest BCUT2D eigenvalue weighted by molar-refractivity contribution is -0.122. The summed E-state index contributed by atoms with van der Waals surface area (Å²) in [5.41, 5.74) is 0.793. The first kappa shape index (κ1) is 21.7. The number of ether oxygens (including phenoxy) is 2. The summed E-state index contributed by atoms with van der Waals surface area (Å²) in [4.78, 5) is 12.4. The van der Waals surface area contributed by atoms with Gasteiger partial charge in [-0.2, -0.15) is 4.72 Å². The summed E-state index contributed by atoms with van der Waals surface area (Å²) >= 11 is 0. The van der Waals surface area contributed by atoms with Crippen LogP contribution in [0.1, 0.15) is 5.56 Å². The molecule has 2 rings (SSSR count). The fraction of sp³-hybridized carbons (Fsp3) is 0.316. The number of carbonyl (C=O) groups is 1. The van der Waals surface area contributed by atoms with E-state index < -0.39 is 22.0 Å². The zero-order valence-electron chi connectivity index (χ0n) is 15.7. The van der Waals surface area contributed by atoms with Crippen LogP contribution in [0.25, 0.3) is 0 Å². The first-order valence-electron chi connectivity index (χ1n) is 8.58. The minimum Gasteiger partial charge on any atom is -0.493 e. The molecule has 1 amide bonds. The van der Waals surface area contributed by atoms with Crippen molar-refractivity contribution in [3.05, 3.63) is 54.1 Å². The Morgan fingerprint density at radius 2 is 1.75 bits per heavy atom.